The summed E-state index contributed by atoms with van der Waals surface area (Å²) in [6.07, 6.45) is 4.60. The highest BCUT2D eigenvalue weighted by Gasteiger charge is 2.19. The first-order chi connectivity index (χ1) is 8.22. The van der Waals surface area contributed by atoms with E-state index in [1.807, 2.05) is 0 Å². The fraction of sp³-hybridized carbons (Fsp3) is 0.417. The van der Waals surface area contributed by atoms with Gasteiger partial charge in [0.1, 0.15) is 0 Å². The quantitative estimate of drug-likeness (QED) is 0.813. The van der Waals surface area contributed by atoms with Crippen LogP contribution in [0.3, 0.4) is 0 Å². The van der Waals surface area contributed by atoms with Crippen LogP contribution in [0.5, 0.6) is 5.75 Å². The summed E-state index contributed by atoms with van der Waals surface area (Å²) in [6.45, 7) is 0. The molecule has 5 heteroatoms. The summed E-state index contributed by atoms with van der Waals surface area (Å²) >= 11 is 4.80. The number of hydrogen-bond acceptors (Lipinski definition) is 3. The van der Waals surface area contributed by atoms with E-state index in [4.69, 9.17) is 4.74 Å². The van der Waals surface area contributed by atoms with Crippen molar-refractivity contribution in [2.75, 3.05) is 0 Å². The van der Waals surface area contributed by atoms with Crippen molar-refractivity contribution < 1.29 is 9.13 Å². The molecule has 1 saturated carbocycles. The number of aromatic nitrogens is 1. The summed E-state index contributed by atoms with van der Waals surface area (Å²) in [5, 5.41) is 0. The number of rotatable bonds is 2. The molecule has 1 fully saturated rings. The van der Waals surface area contributed by atoms with Gasteiger partial charge in [0, 0.05) is 12.1 Å². The molecule has 0 unspecified atom stereocenters. The zero-order valence-corrected chi connectivity index (χ0v) is 11.5. The second kappa shape index (κ2) is 4.53. The second-order valence-electron chi connectivity index (χ2n) is 4.24. The summed E-state index contributed by atoms with van der Waals surface area (Å²) in [4.78, 5) is 4.19. The Hall–Kier alpha value is -0.680. The van der Waals surface area contributed by atoms with Gasteiger partial charge in [-0.3, -0.25) is 0 Å². The van der Waals surface area contributed by atoms with Crippen LogP contribution in [0.2, 0.25) is 0 Å². The van der Waals surface area contributed by atoms with Crippen molar-refractivity contribution in [3.8, 4) is 5.75 Å². The maximum absolute atomic E-state index is 13.8. The van der Waals surface area contributed by atoms with Crippen molar-refractivity contribution in [2.24, 2.45) is 0 Å². The summed E-state index contributed by atoms with van der Waals surface area (Å²) < 4.78 is 21.2. The van der Waals surface area contributed by atoms with Crippen LogP contribution in [0, 0.1) is 5.82 Å². The molecule has 0 N–H and O–H groups in total. The molecule has 17 heavy (non-hydrogen) atoms. The fourth-order valence-corrected chi connectivity index (χ4v) is 3.59. The van der Waals surface area contributed by atoms with Crippen LogP contribution in [-0.4, -0.2) is 11.1 Å². The van der Waals surface area contributed by atoms with Crippen LogP contribution in [0.4, 0.5) is 4.39 Å². The Kier molecular flexibility index (Phi) is 3.04. The first-order valence-electron chi connectivity index (χ1n) is 5.64. The normalized spacial score (nSPS) is 16.8. The van der Waals surface area contributed by atoms with E-state index in [-0.39, 0.29) is 11.9 Å². The van der Waals surface area contributed by atoms with E-state index in [9.17, 15) is 4.39 Å². The lowest BCUT2D eigenvalue weighted by atomic mass is 10.3. The third kappa shape index (κ3) is 2.31. The molecular weight excluding hydrogens is 305 g/mol. The molecule has 1 aliphatic rings. The SMILES string of the molecule is Fc1cc2nc(Br)sc2cc1OC1CCCC1. The van der Waals surface area contributed by atoms with Gasteiger partial charge in [-0.2, -0.15) is 0 Å². The Labute approximate surface area is 111 Å². The molecule has 0 spiro atoms. The molecule has 0 aliphatic heterocycles. The van der Waals surface area contributed by atoms with Crippen molar-refractivity contribution in [1.29, 1.82) is 0 Å². The van der Waals surface area contributed by atoms with Crippen molar-refractivity contribution in [3.05, 3.63) is 21.9 Å². The molecular formula is C12H11BrFNOS. The van der Waals surface area contributed by atoms with Gasteiger partial charge in [0.2, 0.25) is 0 Å². The second-order valence-corrected chi connectivity index (χ2v) is 6.55. The van der Waals surface area contributed by atoms with Crippen molar-refractivity contribution >= 4 is 37.5 Å². The zero-order valence-electron chi connectivity index (χ0n) is 9.08. The highest BCUT2D eigenvalue weighted by atomic mass is 79.9. The Balaban J connectivity index is 1.94. The predicted octanol–water partition coefficient (Wildman–Crippen LogP) is 4.52. The molecule has 3 rings (SSSR count). The Morgan fingerprint density at radius 3 is 2.88 bits per heavy atom. The zero-order chi connectivity index (χ0) is 11.8. The van der Waals surface area contributed by atoms with E-state index in [0.717, 1.165) is 21.5 Å². The lowest BCUT2D eigenvalue weighted by molar-refractivity contribution is 0.201. The first kappa shape index (κ1) is 11.4. The number of ether oxygens (including phenoxy) is 1. The summed E-state index contributed by atoms with van der Waals surface area (Å²) in [7, 11) is 0. The maximum Gasteiger partial charge on any atom is 0.167 e. The van der Waals surface area contributed by atoms with E-state index >= 15 is 0 Å². The Morgan fingerprint density at radius 1 is 1.35 bits per heavy atom. The molecule has 1 aliphatic carbocycles. The molecule has 0 atom stereocenters. The third-order valence-corrected chi connectivity index (χ3v) is 4.48. The largest absolute Gasteiger partial charge is 0.487 e. The van der Waals surface area contributed by atoms with Crippen LogP contribution in [0.15, 0.2) is 16.0 Å². The van der Waals surface area contributed by atoms with E-state index < -0.39 is 0 Å². The number of fused-ring (bicyclic) bond motifs is 1. The smallest absolute Gasteiger partial charge is 0.167 e. The standard InChI is InChI=1S/C12H11BrFNOS/c13-12-15-9-5-8(14)10(6-11(9)17-12)16-7-3-1-2-4-7/h5-7H,1-4H2. The van der Waals surface area contributed by atoms with Gasteiger partial charge in [0.25, 0.3) is 0 Å². The van der Waals surface area contributed by atoms with Gasteiger partial charge in [-0.15, -0.1) is 11.3 Å². The van der Waals surface area contributed by atoms with Gasteiger partial charge >= 0.3 is 0 Å². The number of thiazole rings is 1. The molecule has 1 aromatic carbocycles. The Morgan fingerprint density at radius 2 is 2.12 bits per heavy atom. The molecule has 0 saturated heterocycles. The fourth-order valence-electron chi connectivity index (χ4n) is 2.18. The first-order valence-corrected chi connectivity index (χ1v) is 7.25. The highest BCUT2D eigenvalue weighted by Crippen LogP contribution is 2.33. The van der Waals surface area contributed by atoms with Crippen molar-refractivity contribution in [2.45, 2.75) is 31.8 Å². The lowest BCUT2D eigenvalue weighted by Crippen LogP contribution is -2.11. The average molecular weight is 316 g/mol. The predicted molar refractivity (Wildman–Crippen MR) is 70.2 cm³/mol. The summed E-state index contributed by atoms with van der Waals surface area (Å²) in [5.41, 5.74) is 0.679. The van der Waals surface area contributed by atoms with E-state index in [1.165, 1.54) is 30.2 Å². The van der Waals surface area contributed by atoms with Crippen LogP contribution in [-0.2, 0) is 0 Å². The minimum atomic E-state index is -0.317. The third-order valence-electron chi connectivity index (χ3n) is 3.01. The van der Waals surface area contributed by atoms with Gasteiger partial charge in [0.05, 0.1) is 16.3 Å². The molecule has 1 aromatic heterocycles. The van der Waals surface area contributed by atoms with Crippen molar-refractivity contribution in [3.63, 3.8) is 0 Å². The average Bonchev–Trinajstić information content (AvgIpc) is 2.87. The van der Waals surface area contributed by atoms with E-state index in [0.29, 0.717) is 11.3 Å². The monoisotopic (exact) mass is 315 g/mol. The van der Waals surface area contributed by atoms with Crippen LogP contribution in [0.1, 0.15) is 25.7 Å². The molecule has 90 valence electrons. The molecule has 0 bridgehead atoms. The topological polar surface area (TPSA) is 22.1 Å². The molecule has 2 nitrogen and oxygen atoms in total. The van der Waals surface area contributed by atoms with Gasteiger partial charge in [0.15, 0.2) is 15.5 Å². The summed E-state index contributed by atoms with van der Waals surface area (Å²) in [5.74, 6) is 0.0442. The van der Waals surface area contributed by atoms with E-state index in [2.05, 4.69) is 20.9 Å². The number of hydrogen-bond donors (Lipinski definition) is 0. The van der Waals surface area contributed by atoms with Crippen LogP contribution >= 0.6 is 27.3 Å². The number of benzene rings is 1. The molecule has 0 radical (unpaired) electrons. The number of halogens is 2. The van der Waals surface area contributed by atoms with Crippen LogP contribution in [0.25, 0.3) is 10.2 Å². The lowest BCUT2D eigenvalue weighted by Gasteiger charge is -2.13. The highest BCUT2D eigenvalue weighted by molar-refractivity contribution is 9.11. The molecule has 2 aromatic rings. The Bertz CT molecular complexity index is 551. The maximum atomic E-state index is 13.8. The minimum absolute atomic E-state index is 0.179. The van der Waals surface area contributed by atoms with Gasteiger partial charge < -0.3 is 4.74 Å². The molecule has 1 heterocycles. The minimum Gasteiger partial charge on any atom is -0.487 e. The number of nitrogens with zero attached hydrogens (tertiary/aromatic N) is 1. The van der Waals surface area contributed by atoms with E-state index in [1.54, 1.807) is 6.07 Å². The van der Waals surface area contributed by atoms with Gasteiger partial charge in [-0.25, -0.2) is 9.37 Å². The van der Waals surface area contributed by atoms with Gasteiger partial charge in [-0.05, 0) is 41.6 Å². The van der Waals surface area contributed by atoms with Crippen LogP contribution < -0.4 is 4.74 Å². The molecule has 0 amide bonds. The van der Waals surface area contributed by atoms with Crippen molar-refractivity contribution in [1.82, 2.24) is 4.98 Å². The van der Waals surface area contributed by atoms with Gasteiger partial charge in [-0.1, -0.05) is 0 Å². The summed E-state index contributed by atoms with van der Waals surface area (Å²) in [6, 6.07) is 3.20.